The van der Waals surface area contributed by atoms with Crippen molar-refractivity contribution >= 4 is 0 Å². The fourth-order valence-corrected chi connectivity index (χ4v) is 1.76. The number of hydrogen-bond acceptors (Lipinski definition) is 1. The molecule has 1 rings (SSSR count). The van der Waals surface area contributed by atoms with Crippen LogP contribution in [0, 0.1) is 11.8 Å². The van der Waals surface area contributed by atoms with E-state index < -0.39 is 0 Å². The summed E-state index contributed by atoms with van der Waals surface area (Å²) in [5.41, 5.74) is 1.45. The first-order valence-electron chi connectivity index (χ1n) is 4.57. The number of rotatable bonds is 2. The molecular weight excluding hydrogens is 148 g/mol. The van der Waals surface area contributed by atoms with Gasteiger partial charge < -0.3 is 4.74 Å². The van der Waals surface area contributed by atoms with E-state index in [9.17, 15) is 0 Å². The van der Waals surface area contributed by atoms with Gasteiger partial charge in [-0.05, 0) is 37.3 Å². The molecule has 0 N–H and O–H groups in total. The van der Waals surface area contributed by atoms with Crippen LogP contribution >= 0.6 is 0 Å². The number of allylic oxidation sites excluding steroid dienone is 3. The van der Waals surface area contributed by atoms with Gasteiger partial charge in [0.15, 0.2) is 0 Å². The van der Waals surface area contributed by atoms with Gasteiger partial charge in [0.05, 0.1) is 7.11 Å². The average molecular weight is 166 g/mol. The van der Waals surface area contributed by atoms with Gasteiger partial charge in [0.2, 0.25) is 0 Å². The molecule has 0 saturated heterocycles. The first kappa shape index (κ1) is 9.37. The van der Waals surface area contributed by atoms with Gasteiger partial charge in [-0.25, -0.2) is 0 Å². The third-order valence-electron chi connectivity index (χ3n) is 2.57. The van der Waals surface area contributed by atoms with Gasteiger partial charge in [0.1, 0.15) is 5.76 Å². The van der Waals surface area contributed by atoms with Crippen molar-refractivity contribution < 1.29 is 4.74 Å². The molecule has 1 nitrogen and oxygen atoms in total. The minimum absolute atomic E-state index is 0.712. The maximum Gasteiger partial charge on any atom is 0.114 e. The molecule has 1 aliphatic rings. The van der Waals surface area contributed by atoms with Crippen molar-refractivity contribution in [2.75, 3.05) is 7.11 Å². The molecule has 12 heavy (non-hydrogen) atoms. The third-order valence-corrected chi connectivity index (χ3v) is 2.57. The van der Waals surface area contributed by atoms with Crippen molar-refractivity contribution in [1.29, 1.82) is 0 Å². The maximum atomic E-state index is 5.17. The zero-order valence-electron chi connectivity index (χ0n) is 8.42. The summed E-state index contributed by atoms with van der Waals surface area (Å²) >= 11 is 0. The van der Waals surface area contributed by atoms with Crippen LogP contribution in [0.1, 0.15) is 27.2 Å². The van der Waals surface area contributed by atoms with E-state index in [4.69, 9.17) is 4.74 Å². The van der Waals surface area contributed by atoms with Crippen molar-refractivity contribution in [1.82, 2.24) is 0 Å². The van der Waals surface area contributed by atoms with Crippen molar-refractivity contribution in [3.05, 3.63) is 23.5 Å². The van der Waals surface area contributed by atoms with E-state index in [0.29, 0.717) is 5.92 Å². The molecule has 68 valence electrons. The Kier molecular flexibility index (Phi) is 2.96. The highest BCUT2D eigenvalue weighted by Crippen LogP contribution is 2.29. The SMILES string of the molecule is COC1=CCC(C(C)C)C(C)=C1. The summed E-state index contributed by atoms with van der Waals surface area (Å²) in [7, 11) is 1.73. The molecule has 1 heteroatoms. The molecule has 1 unspecified atom stereocenters. The van der Waals surface area contributed by atoms with E-state index in [-0.39, 0.29) is 0 Å². The molecule has 0 amide bonds. The normalized spacial score (nSPS) is 23.6. The highest BCUT2D eigenvalue weighted by atomic mass is 16.5. The molecule has 0 aromatic rings. The Bertz CT molecular complexity index is 211. The summed E-state index contributed by atoms with van der Waals surface area (Å²) in [6.07, 6.45) is 5.45. The third kappa shape index (κ3) is 1.90. The van der Waals surface area contributed by atoms with Crippen LogP contribution in [0.4, 0.5) is 0 Å². The molecule has 1 aliphatic carbocycles. The second-order valence-corrected chi connectivity index (χ2v) is 3.79. The van der Waals surface area contributed by atoms with E-state index in [1.165, 1.54) is 5.57 Å². The van der Waals surface area contributed by atoms with Gasteiger partial charge >= 0.3 is 0 Å². The van der Waals surface area contributed by atoms with E-state index in [2.05, 4.69) is 32.9 Å². The molecule has 1 atom stereocenters. The van der Waals surface area contributed by atoms with Crippen LogP contribution in [0.5, 0.6) is 0 Å². The van der Waals surface area contributed by atoms with Gasteiger partial charge in [-0.3, -0.25) is 0 Å². The van der Waals surface area contributed by atoms with Gasteiger partial charge in [-0.15, -0.1) is 0 Å². The number of hydrogen-bond donors (Lipinski definition) is 0. The van der Waals surface area contributed by atoms with E-state index in [1.807, 2.05) is 0 Å². The first-order chi connectivity index (χ1) is 5.65. The zero-order chi connectivity index (χ0) is 9.14. The molecule has 0 radical (unpaired) electrons. The minimum atomic E-state index is 0.712. The monoisotopic (exact) mass is 166 g/mol. The highest BCUT2D eigenvalue weighted by molar-refractivity contribution is 5.24. The first-order valence-corrected chi connectivity index (χ1v) is 4.57. The van der Waals surface area contributed by atoms with Crippen molar-refractivity contribution in [3.8, 4) is 0 Å². The van der Waals surface area contributed by atoms with Crippen LogP contribution in [0.15, 0.2) is 23.5 Å². The maximum absolute atomic E-state index is 5.17. The Hall–Kier alpha value is -0.720. The Morgan fingerprint density at radius 1 is 1.50 bits per heavy atom. The van der Waals surface area contributed by atoms with Crippen LogP contribution in [0.25, 0.3) is 0 Å². The van der Waals surface area contributed by atoms with Gasteiger partial charge in [-0.1, -0.05) is 19.4 Å². The van der Waals surface area contributed by atoms with Gasteiger partial charge in [0, 0.05) is 0 Å². The van der Waals surface area contributed by atoms with Crippen molar-refractivity contribution in [2.24, 2.45) is 11.8 Å². The smallest absolute Gasteiger partial charge is 0.114 e. The molecule has 0 heterocycles. The lowest BCUT2D eigenvalue weighted by Crippen LogP contribution is -2.12. The van der Waals surface area contributed by atoms with Crippen molar-refractivity contribution in [3.63, 3.8) is 0 Å². The van der Waals surface area contributed by atoms with Gasteiger partial charge in [-0.2, -0.15) is 0 Å². The molecular formula is C11H18O. The van der Waals surface area contributed by atoms with Crippen LogP contribution in [0.2, 0.25) is 0 Å². The zero-order valence-corrected chi connectivity index (χ0v) is 8.42. The van der Waals surface area contributed by atoms with E-state index >= 15 is 0 Å². The van der Waals surface area contributed by atoms with Crippen LogP contribution in [0.3, 0.4) is 0 Å². The standard InChI is InChI=1S/C11H18O/c1-8(2)11-6-5-10(12-4)7-9(11)3/h5,7-8,11H,6H2,1-4H3. The molecule has 0 fully saturated rings. The average Bonchev–Trinajstić information content (AvgIpc) is 2.03. The fraction of sp³-hybridized carbons (Fsp3) is 0.636. The Labute approximate surface area is 75.1 Å². The fourth-order valence-electron chi connectivity index (χ4n) is 1.76. The lowest BCUT2D eigenvalue weighted by Gasteiger charge is -2.24. The number of ether oxygens (including phenoxy) is 1. The lowest BCUT2D eigenvalue weighted by molar-refractivity contribution is 0.296. The second kappa shape index (κ2) is 3.79. The quantitative estimate of drug-likeness (QED) is 0.612. The lowest BCUT2D eigenvalue weighted by atomic mass is 9.83. The molecule has 0 aromatic carbocycles. The predicted molar refractivity (Wildman–Crippen MR) is 51.8 cm³/mol. The molecule has 0 bridgehead atoms. The molecule has 0 aromatic heterocycles. The van der Waals surface area contributed by atoms with Crippen LogP contribution in [-0.4, -0.2) is 7.11 Å². The minimum Gasteiger partial charge on any atom is -0.497 e. The van der Waals surface area contributed by atoms with E-state index in [1.54, 1.807) is 7.11 Å². The molecule has 0 aliphatic heterocycles. The molecule has 0 spiro atoms. The summed E-state index contributed by atoms with van der Waals surface area (Å²) < 4.78 is 5.17. The largest absolute Gasteiger partial charge is 0.497 e. The van der Waals surface area contributed by atoms with Crippen LogP contribution in [-0.2, 0) is 4.74 Å². The number of methoxy groups -OCH3 is 1. The van der Waals surface area contributed by atoms with Crippen LogP contribution < -0.4 is 0 Å². The highest BCUT2D eigenvalue weighted by Gasteiger charge is 2.17. The Morgan fingerprint density at radius 3 is 2.58 bits per heavy atom. The summed E-state index contributed by atoms with van der Waals surface area (Å²) in [6.45, 7) is 6.73. The molecule has 0 saturated carbocycles. The predicted octanol–water partition coefficient (Wildman–Crippen LogP) is 3.14. The summed E-state index contributed by atoms with van der Waals surface area (Å²) in [4.78, 5) is 0. The summed E-state index contributed by atoms with van der Waals surface area (Å²) in [6, 6.07) is 0. The Balaban J connectivity index is 2.70. The topological polar surface area (TPSA) is 9.23 Å². The van der Waals surface area contributed by atoms with Crippen molar-refractivity contribution in [2.45, 2.75) is 27.2 Å². The second-order valence-electron chi connectivity index (χ2n) is 3.79. The van der Waals surface area contributed by atoms with Gasteiger partial charge in [0.25, 0.3) is 0 Å². The Morgan fingerprint density at radius 2 is 2.17 bits per heavy atom. The summed E-state index contributed by atoms with van der Waals surface area (Å²) in [5, 5.41) is 0. The van der Waals surface area contributed by atoms with E-state index in [0.717, 1.165) is 18.1 Å². The summed E-state index contributed by atoms with van der Waals surface area (Å²) in [5.74, 6) is 2.46.